The predicted octanol–water partition coefficient (Wildman–Crippen LogP) is -0.0643. The number of hydrogen-bond donors (Lipinski definition) is 2. The number of likely N-dealkylation sites (N-methyl/N-ethyl adjacent to an activating group) is 1. The summed E-state index contributed by atoms with van der Waals surface area (Å²) in [5, 5.41) is 3.48. The summed E-state index contributed by atoms with van der Waals surface area (Å²) in [6, 6.07) is 0.599. The molecule has 4 nitrogen and oxygen atoms in total. The summed E-state index contributed by atoms with van der Waals surface area (Å²) >= 11 is 0. The number of carbonyl (C=O) groups is 1. The maximum atomic E-state index is 10.6. The van der Waals surface area contributed by atoms with E-state index < -0.39 is 0 Å². The zero-order valence-corrected chi connectivity index (χ0v) is 8.96. The molecule has 0 saturated carbocycles. The number of nitrogens with zero attached hydrogens (tertiary/aromatic N) is 1. The average molecular weight is 199 g/mol. The smallest absolute Gasteiger partial charge is 0.218 e. The molecule has 0 radical (unpaired) electrons. The van der Waals surface area contributed by atoms with E-state index in [-0.39, 0.29) is 5.91 Å². The van der Waals surface area contributed by atoms with E-state index in [1.165, 1.54) is 19.3 Å². The highest BCUT2D eigenvalue weighted by Gasteiger charge is 2.14. The summed E-state index contributed by atoms with van der Waals surface area (Å²) in [7, 11) is 2.04. The molecule has 1 heterocycles. The highest BCUT2D eigenvalue weighted by atomic mass is 16.1. The predicted molar refractivity (Wildman–Crippen MR) is 57.0 cm³/mol. The molecule has 4 heteroatoms. The van der Waals surface area contributed by atoms with Crippen molar-refractivity contribution in [2.75, 3.05) is 26.7 Å². The molecule has 1 unspecified atom stereocenters. The zero-order chi connectivity index (χ0) is 10.4. The molecule has 82 valence electrons. The van der Waals surface area contributed by atoms with E-state index in [1.54, 1.807) is 0 Å². The number of hydrogen-bond acceptors (Lipinski definition) is 3. The lowest BCUT2D eigenvalue weighted by molar-refractivity contribution is -0.118. The third-order valence-electron chi connectivity index (χ3n) is 2.68. The van der Waals surface area contributed by atoms with E-state index in [1.807, 2.05) is 7.05 Å². The van der Waals surface area contributed by atoms with E-state index in [2.05, 4.69) is 10.2 Å². The van der Waals surface area contributed by atoms with Gasteiger partial charge in [-0.05, 0) is 26.4 Å². The highest BCUT2D eigenvalue weighted by Crippen LogP contribution is 2.07. The summed E-state index contributed by atoms with van der Waals surface area (Å²) in [6.07, 6.45) is 4.33. The first-order valence-electron chi connectivity index (χ1n) is 5.38. The molecule has 1 amide bonds. The largest absolute Gasteiger partial charge is 0.370 e. The van der Waals surface area contributed by atoms with Crippen LogP contribution in [-0.4, -0.2) is 43.5 Å². The summed E-state index contributed by atoms with van der Waals surface area (Å²) in [4.78, 5) is 12.8. The van der Waals surface area contributed by atoms with Crippen LogP contribution in [0.4, 0.5) is 0 Å². The Morgan fingerprint density at radius 3 is 2.93 bits per heavy atom. The standard InChI is InChI=1S/C10H21N3O/c1-13(7-5-10(11)14)8-9-4-2-3-6-12-9/h9,12H,2-8H2,1H3,(H2,11,14). The van der Waals surface area contributed by atoms with Crippen LogP contribution in [0.15, 0.2) is 0 Å². The third-order valence-corrected chi connectivity index (χ3v) is 2.68. The van der Waals surface area contributed by atoms with Crippen LogP contribution in [0.1, 0.15) is 25.7 Å². The minimum absolute atomic E-state index is 0.214. The number of carbonyl (C=O) groups excluding carboxylic acids is 1. The first-order chi connectivity index (χ1) is 6.68. The van der Waals surface area contributed by atoms with Crippen LogP contribution >= 0.6 is 0 Å². The van der Waals surface area contributed by atoms with E-state index >= 15 is 0 Å². The maximum absolute atomic E-state index is 10.6. The van der Waals surface area contributed by atoms with Gasteiger partial charge in [-0.1, -0.05) is 6.42 Å². The fraction of sp³-hybridized carbons (Fsp3) is 0.900. The summed E-state index contributed by atoms with van der Waals surface area (Å²) in [6.45, 7) is 2.93. The molecule has 0 aromatic heterocycles. The Hall–Kier alpha value is -0.610. The SMILES string of the molecule is CN(CCC(N)=O)CC1CCCCN1. The molecule has 1 aliphatic heterocycles. The van der Waals surface area contributed by atoms with Gasteiger partial charge in [-0.15, -0.1) is 0 Å². The monoisotopic (exact) mass is 199 g/mol. The first kappa shape index (κ1) is 11.5. The van der Waals surface area contributed by atoms with Gasteiger partial charge in [0.15, 0.2) is 0 Å². The van der Waals surface area contributed by atoms with E-state index in [0.29, 0.717) is 12.5 Å². The van der Waals surface area contributed by atoms with Crippen molar-refractivity contribution in [1.82, 2.24) is 10.2 Å². The van der Waals surface area contributed by atoms with Crippen molar-refractivity contribution in [2.45, 2.75) is 31.7 Å². The van der Waals surface area contributed by atoms with Gasteiger partial charge < -0.3 is 16.0 Å². The third kappa shape index (κ3) is 4.58. The molecule has 3 N–H and O–H groups in total. The van der Waals surface area contributed by atoms with Crippen molar-refractivity contribution in [2.24, 2.45) is 5.73 Å². The Labute approximate surface area is 85.8 Å². The van der Waals surface area contributed by atoms with Crippen LogP contribution < -0.4 is 11.1 Å². The van der Waals surface area contributed by atoms with Gasteiger partial charge in [-0.3, -0.25) is 4.79 Å². The van der Waals surface area contributed by atoms with Crippen LogP contribution in [-0.2, 0) is 4.79 Å². The van der Waals surface area contributed by atoms with Crippen molar-refractivity contribution in [1.29, 1.82) is 0 Å². The number of primary amides is 1. The fourth-order valence-corrected chi connectivity index (χ4v) is 1.85. The fourth-order valence-electron chi connectivity index (χ4n) is 1.85. The summed E-state index contributed by atoms with van der Waals surface area (Å²) in [5.74, 6) is -0.214. The second kappa shape index (κ2) is 5.98. The molecule has 0 aromatic carbocycles. The van der Waals surface area contributed by atoms with Gasteiger partial charge in [0.05, 0.1) is 0 Å². The molecule has 1 aliphatic rings. The Morgan fingerprint density at radius 2 is 2.36 bits per heavy atom. The molecule has 1 saturated heterocycles. The van der Waals surface area contributed by atoms with Crippen molar-refractivity contribution < 1.29 is 4.79 Å². The maximum Gasteiger partial charge on any atom is 0.218 e. The van der Waals surface area contributed by atoms with Gasteiger partial charge in [0.1, 0.15) is 0 Å². The molecule has 1 atom stereocenters. The molecule has 0 aliphatic carbocycles. The van der Waals surface area contributed by atoms with Gasteiger partial charge >= 0.3 is 0 Å². The minimum atomic E-state index is -0.214. The van der Waals surface area contributed by atoms with Gasteiger partial charge in [-0.2, -0.15) is 0 Å². The number of nitrogens with two attached hydrogens (primary N) is 1. The van der Waals surface area contributed by atoms with Gasteiger partial charge in [0.25, 0.3) is 0 Å². The molecule has 1 fully saturated rings. The Balaban J connectivity index is 2.11. The summed E-state index contributed by atoms with van der Waals surface area (Å²) < 4.78 is 0. The minimum Gasteiger partial charge on any atom is -0.370 e. The van der Waals surface area contributed by atoms with E-state index in [9.17, 15) is 4.79 Å². The van der Waals surface area contributed by atoms with Gasteiger partial charge in [-0.25, -0.2) is 0 Å². The quantitative estimate of drug-likeness (QED) is 0.652. The normalized spacial score (nSPS) is 22.6. The van der Waals surface area contributed by atoms with E-state index in [4.69, 9.17) is 5.73 Å². The van der Waals surface area contributed by atoms with Crippen molar-refractivity contribution in [3.8, 4) is 0 Å². The van der Waals surface area contributed by atoms with Crippen molar-refractivity contribution in [3.05, 3.63) is 0 Å². The lowest BCUT2D eigenvalue weighted by Crippen LogP contribution is -2.43. The zero-order valence-electron chi connectivity index (χ0n) is 8.96. The number of nitrogens with one attached hydrogen (secondary N) is 1. The second-order valence-corrected chi connectivity index (χ2v) is 4.13. The lowest BCUT2D eigenvalue weighted by atomic mass is 10.0. The van der Waals surface area contributed by atoms with Crippen molar-refractivity contribution >= 4 is 5.91 Å². The Morgan fingerprint density at radius 1 is 1.57 bits per heavy atom. The van der Waals surface area contributed by atoms with Gasteiger partial charge in [0, 0.05) is 25.6 Å². The molecule has 0 aromatic rings. The van der Waals surface area contributed by atoms with Crippen LogP contribution in [0.3, 0.4) is 0 Å². The van der Waals surface area contributed by atoms with Crippen LogP contribution in [0, 0.1) is 0 Å². The van der Waals surface area contributed by atoms with Crippen LogP contribution in [0.25, 0.3) is 0 Å². The summed E-state index contributed by atoms with van der Waals surface area (Å²) in [5.41, 5.74) is 5.09. The highest BCUT2D eigenvalue weighted by molar-refractivity contribution is 5.73. The van der Waals surface area contributed by atoms with Crippen LogP contribution in [0.5, 0.6) is 0 Å². The molecule has 14 heavy (non-hydrogen) atoms. The molecular weight excluding hydrogens is 178 g/mol. The number of amides is 1. The molecule has 0 bridgehead atoms. The first-order valence-corrected chi connectivity index (χ1v) is 5.38. The molecule has 0 spiro atoms. The Bertz CT molecular complexity index is 178. The average Bonchev–Trinajstić information content (AvgIpc) is 2.16. The van der Waals surface area contributed by atoms with Crippen molar-refractivity contribution in [3.63, 3.8) is 0 Å². The molecular formula is C10H21N3O. The number of rotatable bonds is 5. The Kier molecular flexibility index (Phi) is 4.90. The van der Waals surface area contributed by atoms with Gasteiger partial charge in [0.2, 0.25) is 5.91 Å². The number of piperidine rings is 1. The van der Waals surface area contributed by atoms with Crippen LogP contribution in [0.2, 0.25) is 0 Å². The molecule has 1 rings (SSSR count). The topological polar surface area (TPSA) is 58.4 Å². The van der Waals surface area contributed by atoms with E-state index in [0.717, 1.165) is 19.6 Å². The second-order valence-electron chi connectivity index (χ2n) is 4.13. The lowest BCUT2D eigenvalue weighted by Gasteiger charge is -2.27.